The van der Waals surface area contributed by atoms with Crippen LogP contribution >= 0.6 is 15.9 Å². The number of carbonyl (C=O) groups is 1. The summed E-state index contributed by atoms with van der Waals surface area (Å²) < 4.78 is 41.1. The first kappa shape index (κ1) is 14.4. The highest BCUT2D eigenvalue weighted by molar-refractivity contribution is 9.10. The van der Waals surface area contributed by atoms with Gasteiger partial charge in [-0.1, -0.05) is 15.9 Å². The first-order valence-electron chi connectivity index (χ1n) is 5.93. The zero-order valence-electron chi connectivity index (χ0n) is 10.4. The Kier molecular flexibility index (Phi) is 3.90. The van der Waals surface area contributed by atoms with Crippen molar-refractivity contribution in [3.05, 3.63) is 33.5 Å². The maximum atomic E-state index is 14.0. The van der Waals surface area contributed by atoms with E-state index in [0.29, 0.717) is 10.0 Å². The lowest BCUT2D eigenvalue weighted by Gasteiger charge is -2.32. The number of hydrogen-bond donors (Lipinski definition) is 0. The molecular formula is C13H13BrF3NO. The number of rotatable bonds is 1. The van der Waals surface area contributed by atoms with Crippen molar-refractivity contribution in [1.29, 1.82) is 0 Å². The average molecular weight is 336 g/mol. The van der Waals surface area contributed by atoms with Crippen LogP contribution in [0, 0.1) is 12.7 Å². The third-order valence-corrected chi connectivity index (χ3v) is 4.09. The number of benzene rings is 1. The topological polar surface area (TPSA) is 20.3 Å². The summed E-state index contributed by atoms with van der Waals surface area (Å²) in [4.78, 5) is 13.1. The Morgan fingerprint density at radius 2 is 2.11 bits per heavy atom. The highest BCUT2D eigenvalue weighted by atomic mass is 79.9. The minimum atomic E-state index is -2.88. The Bertz CT molecular complexity index is 519. The molecule has 1 heterocycles. The fourth-order valence-corrected chi connectivity index (χ4v) is 2.44. The maximum absolute atomic E-state index is 14.0. The lowest BCUT2D eigenvalue weighted by molar-refractivity contribution is -0.0561. The molecule has 0 N–H and O–H groups in total. The van der Waals surface area contributed by atoms with Gasteiger partial charge in [0, 0.05) is 17.4 Å². The number of halogens is 4. The zero-order chi connectivity index (χ0) is 14.2. The van der Waals surface area contributed by atoms with E-state index in [1.54, 1.807) is 6.07 Å². The molecule has 0 spiro atoms. The molecule has 0 bridgehead atoms. The fraction of sp³-hybridized carbons (Fsp3) is 0.462. The molecule has 2 rings (SSSR count). The molecule has 0 radical (unpaired) electrons. The van der Waals surface area contributed by atoms with Crippen LogP contribution in [-0.4, -0.2) is 29.8 Å². The Morgan fingerprint density at radius 1 is 1.42 bits per heavy atom. The van der Waals surface area contributed by atoms with Gasteiger partial charge in [0.1, 0.15) is 5.82 Å². The van der Waals surface area contributed by atoms with Gasteiger partial charge >= 0.3 is 0 Å². The predicted octanol–water partition coefficient (Wildman–Crippen LogP) is 3.77. The molecule has 1 fully saturated rings. The number of amides is 1. The van der Waals surface area contributed by atoms with Crippen LogP contribution in [0.2, 0.25) is 0 Å². The van der Waals surface area contributed by atoms with Gasteiger partial charge in [0.15, 0.2) is 0 Å². The largest absolute Gasteiger partial charge is 0.333 e. The number of piperidine rings is 1. The van der Waals surface area contributed by atoms with E-state index in [2.05, 4.69) is 15.9 Å². The number of alkyl halides is 2. The van der Waals surface area contributed by atoms with Crippen molar-refractivity contribution in [3.8, 4) is 0 Å². The van der Waals surface area contributed by atoms with Crippen molar-refractivity contribution in [2.24, 2.45) is 0 Å². The predicted molar refractivity (Wildman–Crippen MR) is 68.9 cm³/mol. The molecule has 0 aromatic heterocycles. The van der Waals surface area contributed by atoms with E-state index in [4.69, 9.17) is 0 Å². The van der Waals surface area contributed by atoms with Gasteiger partial charge in [0.2, 0.25) is 0 Å². The van der Waals surface area contributed by atoms with Crippen LogP contribution in [0.25, 0.3) is 0 Å². The molecule has 0 unspecified atom stereocenters. The van der Waals surface area contributed by atoms with Gasteiger partial charge < -0.3 is 4.90 Å². The van der Waals surface area contributed by atoms with Gasteiger partial charge in [-0.05, 0) is 31.0 Å². The molecule has 1 aliphatic rings. The van der Waals surface area contributed by atoms with E-state index >= 15 is 0 Å². The SMILES string of the molecule is Cc1c(Br)ccc(C(=O)N2CCCC(F)(F)C2)c1F. The second-order valence-electron chi connectivity index (χ2n) is 4.72. The minimum Gasteiger partial charge on any atom is -0.333 e. The van der Waals surface area contributed by atoms with Gasteiger partial charge in [-0.3, -0.25) is 4.79 Å². The summed E-state index contributed by atoms with van der Waals surface area (Å²) in [6.07, 6.45) is 0.00843. The summed E-state index contributed by atoms with van der Waals surface area (Å²) in [5.74, 6) is -4.21. The maximum Gasteiger partial charge on any atom is 0.265 e. The molecule has 6 heteroatoms. The van der Waals surface area contributed by atoms with Crippen LogP contribution in [-0.2, 0) is 0 Å². The summed E-state index contributed by atoms with van der Waals surface area (Å²) in [5.41, 5.74) is 0.146. The van der Waals surface area contributed by atoms with Gasteiger partial charge in [-0.2, -0.15) is 0 Å². The average Bonchev–Trinajstić information content (AvgIpc) is 2.34. The van der Waals surface area contributed by atoms with E-state index in [1.807, 2.05) is 0 Å². The first-order chi connectivity index (χ1) is 8.82. The highest BCUT2D eigenvalue weighted by Gasteiger charge is 2.37. The molecule has 0 atom stereocenters. The molecule has 2 nitrogen and oxygen atoms in total. The van der Waals surface area contributed by atoms with Gasteiger partial charge in [-0.25, -0.2) is 13.2 Å². The fourth-order valence-electron chi connectivity index (χ4n) is 2.14. The third-order valence-electron chi connectivity index (χ3n) is 3.23. The molecule has 0 aliphatic carbocycles. The third kappa shape index (κ3) is 2.94. The van der Waals surface area contributed by atoms with E-state index in [0.717, 1.165) is 4.90 Å². The van der Waals surface area contributed by atoms with Crippen molar-refractivity contribution < 1.29 is 18.0 Å². The van der Waals surface area contributed by atoms with Crippen LogP contribution in [0.5, 0.6) is 0 Å². The standard InChI is InChI=1S/C13H13BrF3NO/c1-8-10(14)4-3-9(11(8)15)12(19)18-6-2-5-13(16,17)7-18/h3-4H,2,5-7H2,1H3. The van der Waals surface area contributed by atoms with E-state index in [-0.39, 0.29) is 24.9 Å². The van der Waals surface area contributed by atoms with Gasteiger partial charge in [0.25, 0.3) is 11.8 Å². The van der Waals surface area contributed by atoms with Gasteiger partial charge in [-0.15, -0.1) is 0 Å². The zero-order valence-corrected chi connectivity index (χ0v) is 11.9. The number of carbonyl (C=O) groups excluding carboxylic acids is 1. The van der Waals surface area contributed by atoms with Crippen molar-refractivity contribution in [2.75, 3.05) is 13.1 Å². The lowest BCUT2D eigenvalue weighted by Crippen LogP contribution is -2.45. The van der Waals surface area contributed by atoms with E-state index in [1.165, 1.54) is 13.0 Å². The first-order valence-corrected chi connectivity index (χ1v) is 6.73. The Hall–Kier alpha value is -1.04. The van der Waals surface area contributed by atoms with Crippen LogP contribution in [0.3, 0.4) is 0 Å². The van der Waals surface area contributed by atoms with Crippen molar-refractivity contribution in [1.82, 2.24) is 4.90 Å². The summed E-state index contributed by atoms with van der Waals surface area (Å²) in [6.45, 7) is 1.13. The molecule has 1 saturated heterocycles. The van der Waals surface area contributed by atoms with Crippen LogP contribution < -0.4 is 0 Å². The summed E-state index contributed by atoms with van der Waals surface area (Å²) >= 11 is 3.16. The highest BCUT2D eigenvalue weighted by Crippen LogP contribution is 2.29. The molecule has 1 aromatic rings. The molecular weight excluding hydrogens is 323 g/mol. The summed E-state index contributed by atoms with van der Waals surface area (Å²) in [6, 6.07) is 2.87. The summed E-state index contributed by atoms with van der Waals surface area (Å²) in [7, 11) is 0. The van der Waals surface area contributed by atoms with E-state index < -0.39 is 24.2 Å². The second kappa shape index (κ2) is 5.15. The Labute approximate surface area is 117 Å². The van der Waals surface area contributed by atoms with Crippen molar-refractivity contribution in [3.63, 3.8) is 0 Å². The molecule has 104 valence electrons. The molecule has 1 amide bonds. The monoisotopic (exact) mass is 335 g/mol. The number of nitrogens with zero attached hydrogens (tertiary/aromatic N) is 1. The lowest BCUT2D eigenvalue weighted by atomic mass is 10.0. The summed E-state index contributed by atoms with van der Waals surface area (Å²) in [5, 5.41) is 0. The van der Waals surface area contributed by atoms with Crippen molar-refractivity contribution >= 4 is 21.8 Å². The smallest absolute Gasteiger partial charge is 0.265 e. The number of likely N-dealkylation sites (tertiary alicyclic amines) is 1. The minimum absolute atomic E-state index is 0.154. The second-order valence-corrected chi connectivity index (χ2v) is 5.57. The van der Waals surface area contributed by atoms with Crippen LogP contribution in [0.4, 0.5) is 13.2 Å². The molecule has 1 aliphatic heterocycles. The van der Waals surface area contributed by atoms with Crippen LogP contribution in [0.1, 0.15) is 28.8 Å². The van der Waals surface area contributed by atoms with Gasteiger partial charge in [0.05, 0.1) is 12.1 Å². The number of hydrogen-bond acceptors (Lipinski definition) is 1. The van der Waals surface area contributed by atoms with Crippen LogP contribution in [0.15, 0.2) is 16.6 Å². The Morgan fingerprint density at radius 3 is 2.74 bits per heavy atom. The molecule has 19 heavy (non-hydrogen) atoms. The molecule has 1 aromatic carbocycles. The van der Waals surface area contributed by atoms with E-state index in [9.17, 15) is 18.0 Å². The van der Waals surface area contributed by atoms with Crippen molar-refractivity contribution in [2.45, 2.75) is 25.7 Å². The normalized spacial score (nSPS) is 18.5. The molecule has 0 saturated carbocycles. The quantitative estimate of drug-likeness (QED) is 0.765. The Balaban J connectivity index is 2.27.